The number of methoxy groups -OCH3 is 1. The zero-order valence-corrected chi connectivity index (χ0v) is 11.9. The van der Waals surface area contributed by atoms with Crippen molar-refractivity contribution >= 4 is 43.6 Å². The number of rotatable bonds is 3. The van der Waals surface area contributed by atoms with Gasteiger partial charge < -0.3 is 15.6 Å². The van der Waals surface area contributed by atoms with Crippen LogP contribution >= 0.6 is 31.9 Å². The highest BCUT2D eigenvalue weighted by atomic mass is 79.9. The Labute approximate surface area is 114 Å². The molecule has 0 aliphatic heterocycles. The summed E-state index contributed by atoms with van der Waals surface area (Å²) in [6, 6.07) is 1.39. The summed E-state index contributed by atoms with van der Waals surface area (Å²) in [5, 5.41) is 9.48. The average Bonchev–Trinajstić information content (AvgIpc) is 2.32. The van der Waals surface area contributed by atoms with Crippen LogP contribution in [0.3, 0.4) is 0 Å². The van der Waals surface area contributed by atoms with Crippen molar-refractivity contribution in [2.45, 2.75) is 6.04 Å². The molecule has 0 aliphatic carbocycles. The molecule has 0 spiro atoms. The summed E-state index contributed by atoms with van der Waals surface area (Å²) in [4.78, 5) is 22.9. The molecule has 1 aromatic carbocycles. The van der Waals surface area contributed by atoms with Gasteiger partial charge in [0.1, 0.15) is 5.75 Å². The molecule has 17 heavy (non-hydrogen) atoms. The number of halogens is 2. The monoisotopic (exact) mass is 365 g/mol. The SMILES string of the molecule is COC(=O)C(N)C(=O)c1cc(Br)c(O)c(Br)c1. The van der Waals surface area contributed by atoms with Gasteiger partial charge in [-0.05, 0) is 44.0 Å². The number of ketones is 1. The second-order valence-electron chi connectivity index (χ2n) is 3.15. The van der Waals surface area contributed by atoms with Crippen LogP contribution in [0.25, 0.3) is 0 Å². The fraction of sp³-hybridized carbons (Fsp3) is 0.200. The molecule has 1 unspecified atom stereocenters. The number of carbonyl (C=O) groups is 2. The maximum Gasteiger partial charge on any atom is 0.330 e. The van der Waals surface area contributed by atoms with Crippen molar-refractivity contribution < 1.29 is 19.4 Å². The van der Waals surface area contributed by atoms with Gasteiger partial charge in [-0.1, -0.05) is 0 Å². The molecule has 1 atom stereocenters. The number of ether oxygens (including phenoxy) is 1. The second-order valence-corrected chi connectivity index (χ2v) is 4.86. The van der Waals surface area contributed by atoms with Crippen LogP contribution in [0.1, 0.15) is 10.4 Å². The largest absolute Gasteiger partial charge is 0.506 e. The fourth-order valence-corrected chi connectivity index (χ4v) is 2.31. The third kappa shape index (κ3) is 3.05. The van der Waals surface area contributed by atoms with E-state index in [0.717, 1.165) is 7.11 Å². The Kier molecular flexibility index (Phi) is 4.67. The molecule has 0 fully saturated rings. The minimum atomic E-state index is -1.37. The van der Waals surface area contributed by atoms with Gasteiger partial charge in [0.15, 0.2) is 11.8 Å². The number of hydrogen-bond acceptors (Lipinski definition) is 5. The van der Waals surface area contributed by atoms with Crippen LogP contribution in [0.2, 0.25) is 0 Å². The van der Waals surface area contributed by atoms with Crippen molar-refractivity contribution in [2.24, 2.45) is 5.73 Å². The van der Waals surface area contributed by atoms with Crippen LogP contribution in [0.15, 0.2) is 21.1 Å². The molecule has 0 heterocycles. The van der Waals surface area contributed by atoms with Crippen LogP contribution in [0.4, 0.5) is 0 Å². The summed E-state index contributed by atoms with van der Waals surface area (Å²) in [6.07, 6.45) is 0. The first-order chi connectivity index (χ1) is 7.88. The second kappa shape index (κ2) is 5.61. The van der Waals surface area contributed by atoms with E-state index in [1.807, 2.05) is 0 Å². The highest BCUT2D eigenvalue weighted by molar-refractivity contribution is 9.11. The first kappa shape index (κ1) is 14.1. The molecule has 0 radical (unpaired) electrons. The maximum atomic E-state index is 11.8. The molecule has 0 saturated carbocycles. The van der Waals surface area contributed by atoms with Gasteiger partial charge in [-0.3, -0.25) is 4.79 Å². The van der Waals surface area contributed by atoms with E-state index in [-0.39, 0.29) is 11.3 Å². The number of hydrogen-bond donors (Lipinski definition) is 2. The van der Waals surface area contributed by atoms with Crippen LogP contribution in [-0.2, 0) is 9.53 Å². The van der Waals surface area contributed by atoms with Crippen molar-refractivity contribution in [3.8, 4) is 5.75 Å². The number of benzene rings is 1. The summed E-state index contributed by atoms with van der Waals surface area (Å²) in [5.74, 6) is -1.43. The number of aromatic hydroxyl groups is 1. The molecule has 1 aromatic rings. The van der Waals surface area contributed by atoms with E-state index in [4.69, 9.17) is 5.73 Å². The third-order valence-electron chi connectivity index (χ3n) is 2.04. The zero-order valence-electron chi connectivity index (χ0n) is 8.74. The van der Waals surface area contributed by atoms with Crippen molar-refractivity contribution in [3.63, 3.8) is 0 Å². The predicted octanol–water partition coefficient (Wildman–Crippen LogP) is 1.60. The number of Topliss-reactive ketones (excluding diaryl/α,β-unsaturated/α-hetero) is 1. The molecule has 7 heteroatoms. The first-order valence-corrected chi connectivity index (χ1v) is 6.02. The predicted molar refractivity (Wildman–Crippen MR) is 67.8 cm³/mol. The van der Waals surface area contributed by atoms with Crippen LogP contribution in [0, 0.1) is 0 Å². The Hall–Kier alpha value is -0.920. The van der Waals surface area contributed by atoms with E-state index in [1.165, 1.54) is 12.1 Å². The van der Waals surface area contributed by atoms with Crippen LogP contribution in [0.5, 0.6) is 5.75 Å². The Morgan fingerprint density at radius 2 is 1.82 bits per heavy atom. The topological polar surface area (TPSA) is 89.6 Å². The molecule has 0 bridgehead atoms. The molecular formula is C10H9Br2NO4. The lowest BCUT2D eigenvalue weighted by molar-refractivity contribution is -0.140. The number of phenols is 1. The summed E-state index contributed by atoms with van der Waals surface area (Å²) < 4.78 is 5.03. The normalized spacial score (nSPS) is 12.0. The highest BCUT2D eigenvalue weighted by Gasteiger charge is 2.25. The van der Waals surface area contributed by atoms with E-state index in [9.17, 15) is 14.7 Å². The first-order valence-electron chi connectivity index (χ1n) is 4.44. The van der Waals surface area contributed by atoms with Gasteiger partial charge in [-0.15, -0.1) is 0 Å². The van der Waals surface area contributed by atoms with Crippen molar-refractivity contribution in [3.05, 3.63) is 26.6 Å². The Balaban J connectivity index is 3.09. The summed E-state index contributed by atoms with van der Waals surface area (Å²) >= 11 is 6.16. The van der Waals surface area contributed by atoms with Crippen molar-refractivity contribution in [1.29, 1.82) is 0 Å². The Bertz CT molecular complexity index is 452. The minimum absolute atomic E-state index is 0.0341. The highest BCUT2D eigenvalue weighted by Crippen LogP contribution is 2.33. The molecule has 92 valence electrons. The number of phenolic OH excluding ortho intramolecular Hbond substituents is 1. The number of esters is 1. The Morgan fingerprint density at radius 1 is 1.35 bits per heavy atom. The van der Waals surface area contributed by atoms with Crippen LogP contribution < -0.4 is 5.73 Å². The summed E-state index contributed by atoms with van der Waals surface area (Å²) in [6.45, 7) is 0. The van der Waals surface area contributed by atoms with E-state index >= 15 is 0 Å². The number of carbonyl (C=O) groups excluding carboxylic acids is 2. The molecule has 0 amide bonds. The lowest BCUT2D eigenvalue weighted by Gasteiger charge is -2.09. The maximum absolute atomic E-state index is 11.8. The molecular weight excluding hydrogens is 358 g/mol. The lowest BCUT2D eigenvalue weighted by Crippen LogP contribution is -2.39. The van der Waals surface area contributed by atoms with E-state index in [2.05, 4.69) is 36.6 Å². The van der Waals surface area contributed by atoms with E-state index < -0.39 is 17.8 Å². The summed E-state index contributed by atoms with van der Waals surface area (Å²) in [7, 11) is 1.15. The molecule has 0 aliphatic rings. The van der Waals surface area contributed by atoms with Gasteiger partial charge in [0.2, 0.25) is 0 Å². The van der Waals surface area contributed by atoms with E-state index in [1.54, 1.807) is 0 Å². The summed E-state index contributed by atoms with van der Waals surface area (Å²) in [5.41, 5.74) is 5.62. The third-order valence-corrected chi connectivity index (χ3v) is 3.25. The van der Waals surface area contributed by atoms with Crippen molar-refractivity contribution in [1.82, 2.24) is 0 Å². The van der Waals surface area contributed by atoms with Gasteiger partial charge >= 0.3 is 5.97 Å². The zero-order chi connectivity index (χ0) is 13.2. The standard InChI is InChI=1S/C10H9Br2NO4/c1-17-10(16)7(13)8(14)4-2-5(11)9(15)6(12)3-4/h2-3,7,15H,13H2,1H3. The molecule has 5 nitrogen and oxygen atoms in total. The smallest absolute Gasteiger partial charge is 0.330 e. The quantitative estimate of drug-likeness (QED) is 0.481. The molecule has 1 rings (SSSR count). The Morgan fingerprint density at radius 3 is 2.24 bits per heavy atom. The molecule has 0 aromatic heterocycles. The van der Waals surface area contributed by atoms with Gasteiger partial charge in [0.25, 0.3) is 0 Å². The van der Waals surface area contributed by atoms with Gasteiger partial charge in [0, 0.05) is 5.56 Å². The van der Waals surface area contributed by atoms with Gasteiger partial charge in [-0.2, -0.15) is 0 Å². The van der Waals surface area contributed by atoms with Gasteiger partial charge in [-0.25, -0.2) is 4.79 Å². The van der Waals surface area contributed by atoms with Crippen molar-refractivity contribution in [2.75, 3.05) is 7.11 Å². The van der Waals surface area contributed by atoms with Crippen LogP contribution in [-0.4, -0.2) is 30.0 Å². The van der Waals surface area contributed by atoms with E-state index in [0.29, 0.717) is 8.95 Å². The lowest BCUT2D eigenvalue weighted by atomic mass is 10.1. The molecule has 0 saturated heterocycles. The molecule has 3 N–H and O–H groups in total. The average molecular weight is 367 g/mol. The fourth-order valence-electron chi connectivity index (χ4n) is 1.12. The minimum Gasteiger partial charge on any atom is -0.506 e. The number of nitrogens with two attached hydrogens (primary N) is 1. The van der Waals surface area contributed by atoms with Gasteiger partial charge in [0.05, 0.1) is 16.1 Å².